The zero-order valence-corrected chi connectivity index (χ0v) is 17.9. The Morgan fingerprint density at radius 3 is 2.41 bits per heavy atom. The predicted molar refractivity (Wildman–Crippen MR) is 114 cm³/mol. The molecule has 2 heterocycles. The van der Waals surface area contributed by atoms with Crippen LogP contribution in [0.4, 0.5) is 0 Å². The molecular weight excluding hydrogens is 390 g/mol. The fourth-order valence-electron chi connectivity index (χ4n) is 3.42. The van der Waals surface area contributed by atoms with E-state index in [1.165, 1.54) is 4.88 Å². The highest BCUT2D eigenvalue weighted by atomic mass is 32.1. The van der Waals surface area contributed by atoms with E-state index >= 15 is 0 Å². The van der Waals surface area contributed by atoms with Gasteiger partial charge in [0, 0.05) is 30.2 Å². The van der Waals surface area contributed by atoms with Crippen LogP contribution in [0.1, 0.15) is 23.3 Å². The number of hydrogen-bond donors (Lipinski definition) is 0. The summed E-state index contributed by atoms with van der Waals surface area (Å²) < 4.78 is 21.6. The van der Waals surface area contributed by atoms with Gasteiger partial charge in [0.25, 0.3) is 0 Å². The standard InChI is InChI=1S/C22H27NO5S/c1-25-19-13-16(14-20(26-2)22(19)27-3)6-7-21(24)23(15-18-5-4-12-29-18)17-8-10-28-11-9-17/h4-7,12-14,17H,8-11,15H2,1-3H3/b7-6+. The maximum atomic E-state index is 13.1. The minimum Gasteiger partial charge on any atom is -0.493 e. The number of hydrogen-bond acceptors (Lipinski definition) is 6. The van der Waals surface area contributed by atoms with Gasteiger partial charge in [0.1, 0.15) is 0 Å². The molecule has 156 valence electrons. The molecule has 0 unspecified atom stereocenters. The van der Waals surface area contributed by atoms with E-state index in [1.54, 1.807) is 44.8 Å². The Morgan fingerprint density at radius 1 is 1.17 bits per heavy atom. The second-order valence-electron chi connectivity index (χ2n) is 6.68. The molecule has 1 aliphatic rings. The number of carbonyl (C=O) groups excluding carboxylic acids is 1. The second-order valence-corrected chi connectivity index (χ2v) is 7.71. The Labute approximate surface area is 175 Å². The molecule has 7 heteroatoms. The van der Waals surface area contributed by atoms with E-state index in [1.807, 2.05) is 28.5 Å². The topological polar surface area (TPSA) is 57.2 Å². The summed E-state index contributed by atoms with van der Waals surface area (Å²) >= 11 is 1.66. The van der Waals surface area contributed by atoms with E-state index in [4.69, 9.17) is 18.9 Å². The Morgan fingerprint density at radius 2 is 1.86 bits per heavy atom. The lowest BCUT2D eigenvalue weighted by Gasteiger charge is -2.33. The first-order valence-corrected chi connectivity index (χ1v) is 10.4. The molecule has 0 atom stereocenters. The molecule has 0 spiro atoms. The minimum atomic E-state index is -0.0148. The smallest absolute Gasteiger partial charge is 0.247 e. The Balaban J connectivity index is 1.82. The van der Waals surface area contributed by atoms with E-state index in [2.05, 4.69) is 6.07 Å². The van der Waals surface area contributed by atoms with Gasteiger partial charge in [-0.2, -0.15) is 0 Å². The van der Waals surface area contributed by atoms with Crippen LogP contribution in [0.5, 0.6) is 17.2 Å². The Hall–Kier alpha value is -2.51. The van der Waals surface area contributed by atoms with Crippen LogP contribution >= 0.6 is 11.3 Å². The van der Waals surface area contributed by atoms with E-state index in [0.717, 1.165) is 18.4 Å². The fourth-order valence-corrected chi connectivity index (χ4v) is 4.12. The number of ether oxygens (including phenoxy) is 4. The van der Waals surface area contributed by atoms with Gasteiger partial charge in [-0.15, -0.1) is 11.3 Å². The fraction of sp³-hybridized carbons (Fsp3) is 0.409. The number of carbonyl (C=O) groups is 1. The summed E-state index contributed by atoms with van der Waals surface area (Å²) in [6.07, 6.45) is 5.11. The van der Waals surface area contributed by atoms with Gasteiger partial charge in [-0.1, -0.05) is 6.07 Å². The van der Waals surface area contributed by atoms with Crippen LogP contribution in [0.15, 0.2) is 35.7 Å². The van der Waals surface area contributed by atoms with Crippen molar-refractivity contribution in [3.05, 3.63) is 46.2 Å². The highest BCUT2D eigenvalue weighted by molar-refractivity contribution is 7.09. The van der Waals surface area contributed by atoms with Crippen molar-refractivity contribution in [3.63, 3.8) is 0 Å². The van der Waals surface area contributed by atoms with Crippen LogP contribution in [0, 0.1) is 0 Å². The van der Waals surface area contributed by atoms with Gasteiger partial charge in [-0.05, 0) is 48.1 Å². The summed E-state index contributed by atoms with van der Waals surface area (Å²) in [6.45, 7) is 1.99. The van der Waals surface area contributed by atoms with Crippen molar-refractivity contribution >= 4 is 23.3 Å². The first-order chi connectivity index (χ1) is 14.2. The lowest BCUT2D eigenvalue weighted by atomic mass is 10.1. The number of thiophene rings is 1. The summed E-state index contributed by atoms with van der Waals surface area (Å²) in [5.41, 5.74) is 0.802. The molecule has 1 fully saturated rings. The van der Waals surface area contributed by atoms with Crippen LogP contribution in [-0.2, 0) is 16.1 Å². The summed E-state index contributed by atoms with van der Waals surface area (Å²) in [5, 5.41) is 2.04. The molecule has 6 nitrogen and oxygen atoms in total. The second kappa shape index (κ2) is 10.3. The van der Waals surface area contributed by atoms with E-state index in [0.29, 0.717) is 37.0 Å². The normalized spacial score (nSPS) is 14.7. The van der Waals surface area contributed by atoms with Gasteiger partial charge in [-0.3, -0.25) is 4.79 Å². The molecule has 1 aromatic carbocycles. The number of benzene rings is 1. The average molecular weight is 418 g/mol. The van der Waals surface area contributed by atoms with E-state index in [9.17, 15) is 4.79 Å². The van der Waals surface area contributed by atoms with Crippen molar-refractivity contribution in [2.24, 2.45) is 0 Å². The van der Waals surface area contributed by atoms with E-state index in [-0.39, 0.29) is 11.9 Å². The molecule has 0 saturated carbocycles. The lowest BCUT2D eigenvalue weighted by molar-refractivity contribution is -0.130. The molecule has 29 heavy (non-hydrogen) atoms. The van der Waals surface area contributed by atoms with Crippen molar-refractivity contribution in [1.82, 2.24) is 4.90 Å². The number of amides is 1. The van der Waals surface area contributed by atoms with Crippen LogP contribution < -0.4 is 14.2 Å². The van der Waals surface area contributed by atoms with Gasteiger partial charge in [0.05, 0.1) is 27.9 Å². The monoisotopic (exact) mass is 417 g/mol. The van der Waals surface area contributed by atoms with Gasteiger partial charge < -0.3 is 23.8 Å². The van der Waals surface area contributed by atoms with Crippen molar-refractivity contribution in [1.29, 1.82) is 0 Å². The van der Waals surface area contributed by atoms with Gasteiger partial charge in [-0.25, -0.2) is 0 Å². The summed E-state index contributed by atoms with van der Waals surface area (Å²) in [6, 6.07) is 7.90. The zero-order valence-electron chi connectivity index (χ0n) is 17.1. The molecule has 3 rings (SSSR count). The number of nitrogens with zero attached hydrogens (tertiary/aromatic N) is 1. The zero-order chi connectivity index (χ0) is 20.6. The highest BCUT2D eigenvalue weighted by Gasteiger charge is 2.25. The third-order valence-corrected chi connectivity index (χ3v) is 5.79. The molecule has 0 aliphatic carbocycles. The lowest BCUT2D eigenvalue weighted by Crippen LogP contribution is -2.42. The van der Waals surface area contributed by atoms with Crippen LogP contribution in [0.3, 0.4) is 0 Å². The molecular formula is C22H27NO5S. The average Bonchev–Trinajstić information content (AvgIpc) is 3.28. The van der Waals surface area contributed by atoms with Gasteiger partial charge in [0.2, 0.25) is 11.7 Å². The Kier molecular flexibility index (Phi) is 7.55. The molecule has 0 bridgehead atoms. The number of rotatable bonds is 8. The summed E-state index contributed by atoms with van der Waals surface area (Å²) in [4.78, 5) is 16.2. The maximum absolute atomic E-state index is 13.1. The largest absolute Gasteiger partial charge is 0.493 e. The summed E-state index contributed by atoms with van der Waals surface area (Å²) in [7, 11) is 4.71. The van der Waals surface area contributed by atoms with E-state index < -0.39 is 0 Å². The van der Waals surface area contributed by atoms with Crippen LogP contribution in [-0.4, -0.2) is 51.4 Å². The predicted octanol–water partition coefficient (Wildman–Crippen LogP) is 3.99. The molecule has 0 radical (unpaired) electrons. The van der Waals surface area contributed by atoms with Crippen molar-refractivity contribution in [3.8, 4) is 17.2 Å². The first kappa shape index (κ1) is 21.2. The molecule has 0 N–H and O–H groups in total. The molecule has 2 aromatic rings. The summed E-state index contributed by atoms with van der Waals surface area (Å²) in [5.74, 6) is 1.62. The first-order valence-electron chi connectivity index (χ1n) is 9.55. The number of methoxy groups -OCH3 is 3. The van der Waals surface area contributed by atoms with Gasteiger partial charge in [0.15, 0.2) is 11.5 Å². The maximum Gasteiger partial charge on any atom is 0.247 e. The molecule has 1 aromatic heterocycles. The van der Waals surface area contributed by atoms with Crippen LogP contribution in [0.2, 0.25) is 0 Å². The minimum absolute atomic E-state index is 0.0148. The molecule has 1 amide bonds. The van der Waals surface area contributed by atoms with Crippen molar-refractivity contribution in [2.45, 2.75) is 25.4 Å². The van der Waals surface area contributed by atoms with Crippen LogP contribution in [0.25, 0.3) is 6.08 Å². The quantitative estimate of drug-likeness (QED) is 0.608. The third kappa shape index (κ3) is 5.31. The van der Waals surface area contributed by atoms with Gasteiger partial charge >= 0.3 is 0 Å². The third-order valence-electron chi connectivity index (χ3n) is 4.93. The highest BCUT2D eigenvalue weighted by Crippen LogP contribution is 2.38. The molecule has 1 saturated heterocycles. The van der Waals surface area contributed by atoms with Crippen molar-refractivity contribution < 1.29 is 23.7 Å². The Bertz CT molecular complexity index is 803. The SMILES string of the molecule is COc1cc(/C=C/C(=O)N(Cc2cccs2)C2CCOCC2)cc(OC)c1OC. The molecule has 1 aliphatic heterocycles. The van der Waals surface area contributed by atoms with Crippen molar-refractivity contribution in [2.75, 3.05) is 34.5 Å².